The van der Waals surface area contributed by atoms with Crippen molar-refractivity contribution in [1.29, 1.82) is 0 Å². The molecule has 0 fully saturated rings. The lowest BCUT2D eigenvalue weighted by atomic mass is 10.2. The van der Waals surface area contributed by atoms with Crippen LogP contribution in [0.4, 0.5) is 10.6 Å². The van der Waals surface area contributed by atoms with Gasteiger partial charge in [0.2, 0.25) is 0 Å². The fraction of sp³-hybridized carbons (Fsp3) is 0.211. The van der Waals surface area contributed by atoms with Crippen LogP contribution in [-0.4, -0.2) is 21.7 Å². The number of carbonyl (C=O) groups excluding carboxylic acids is 1. The summed E-state index contributed by atoms with van der Waals surface area (Å²) in [4.78, 5) is 20.4. The number of carbonyl (C=O) groups is 1. The third kappa shape index (κ3) is 4.49. The minimum atomic E-state index is -0.589. The predicted molar refractivity (Wildman–Crippen MR) is 104 cm³/mol. The summed E-state index contributed by atoms with van der Waals surface area (Å²) in [7, 11) is 0. The van der Waals surface area contributed by atoms with Crippen molar-refractivity contribution in [1.82, 2.24) is 9.97 Å². The van der Waals surface area contributed by atoms with E-state index in [9.17, 15) is 4.79 Å². The van der Waals surface area contributed by atoms with Crippen LogP contribution in [0.25, 0.3) is 10.9 Å². The van der Waals surface area contributed by atoms with Crippen LogP contribution in [0.2, 0.25) is 0 Å². The number of nitrogens with one attached hydrogen (secondary N) is 1. The Morgan fingerprint density at radius 3 is 2.69 bits per heavy atom. The van der Waals surface area contributed by atoms with E-state index >= 15 is 0 Å². The van der Waals surface area contributed by atoms with Gasteiger partial charge >= 0.3 is 6.09 Å². The number of pyridine rings is 2. The number of amides is 1. The van der Waals surface area contributed by atoms with Crippen molar-refractivity contribution in [2.45, 2.75) is 26.4 Å². The molecule has 1 aromatic carbocycles. The Morgan fingerprint density at radius 1 is 1.12 bits per heavy atom. The van der Waals surface area contributed by atoms with Gasteiger partial charge in [-0.1, -0.05) is 6.07 Å². The molecule has 2 heterocycles. The summed E-state index contributed by atoms with van der Waals surface area (Å²) in [5.74, 6) is 1.50. The molecule has 0 aliphatic rings. The molecular weight excluding hydrogens is 398 g/mol. The molecule has 0 saturated heterocycles. The van der Waals surface area contributed by atoms with Gasteiger partial charge in [-0.25, -0.2) is 9.78 Å². The van der Waals surface area contributed by atoms with Gasteiger partial charge in [0, 0.05) is 23.8 Å². The zero-order chi connectivity index (χ0) is 18.7. The van der Waals surface area contributed by atoms with Gasteiger partial charge < -0.3 is 9.47 Å². The molecule has 0 atom stereocenters. The zero-order valence-electron chi connectivity index (χ0n) is 14.6. The van der Waals surface area contributed by atoms with Gasteiger partial charge in [-0.15, -0.1) is 0 Å². The fourth-order valence-electron chi connectivity index (χ4n) is 2.26. The second kappa shape index (κ2) is 7.29. The van der Waals surface area contributed by atoms with Gasteiger partial charge in [-0.3, -0.25) is 10.3 Å². The normalized spacial score (nSPS) is 11.2. The van der Waals surface area contributed by atoms with Crippen molar-refractivity contribution in [3.63, 3.8) is 0 Å². The van der Waals surface area contributed by atoms with E-state index < -0.39 is 11.7 Å². The standard InChI is InChI=1S/C19H18BrN3O3/c1-19(2,3)26-18(24)23-17-10-16(13(20)11-22-17)25-15-8-4-7-14-12(15)6-5-9-21-14/h4-11H,1-3H3,(H,22,23,24). The minimum absolute atomic E-state index is 0.329. The number of benzene rings is 1. The number of halogens is 1. The van der Waals surface area contributed by atoms with E-state index in [0.29, 0.717) is 21.8 Å². The van der Waals surface area contributed by atoms with Gasteiger partial charge in [-0.05, 0) is 61.0 Å². The lowest BCUT2D eigenvalue weighted by Gasteiger charge is -2.19. The number of hydrogen-bond acceptors (Lipinski definition) is 5. The van der Waals surface area contributed by atoms with E-state index in [1.165, 1.54) is 0 Å². The van der Waals surface area contributed by atoms with Crippen LogP contribution < -0.4 is 10.1 Å². The summed E-state index contributed by atoms with van der Waals surface area (Å²) < 4.78 is 11.9. The molecular formula is C19H18BrN3O3. The molecule has 0 aliphatic heterocycles. The maximum Gasteiger partial charge on any atom is 0.413 e. The van der Waals surface area contributed by atoms with Crippen molar-refractivity contribution >= 4 is 38.7 Å². The molecule has 7 heteroatoms. The van der Waals surface area contributed by atoms with Crippen LogP contribution in [-0.2, 0) is 4.74 Å². The van der Waals surface area contributed by atoms with Crippen LogP contribution in [0, 0.1) is 0 Å². The first-order valence-corrected chi connectivity index (χ1v) is 8.78. The first-order chi connectivity index (χ1) is 12.3. The summed E-state index contributed by atoms with van der Waals surface area (Å²) in [5.41, 5.74) is 0.247. The largest absolute Gasteiger partial charge is 0.455 e. The molecule has 0 radical (unpaired) electrons. The van der Waals surface area contributed by atoms with Gasteiger partial charge in [0.25, 0.3) is 0 Å². The monoisotopic (exact) mass is 415 g/mol. The number of aromatic nitrogens is 2. The minimum Gasteiger partial charge on any atom is -0.455 e. The highest BCUT2D eigenvalue weighted by Crippen LogP contribution is 2.34. The second-order valence-corrected chi connectivity index (χ2v) is 7.41. The lowest BCUT2D eigenvalue weighted by molar-refractivity contribution is 0.0635. The molecule has 3 aromatic rings. The number of hydrogen-bond donors (Lipinski definition) is 1. The number of fused-ring (bicyclic) bond motifs is 1. The van der Waals surface area contributed by atoms with E-state index in [1.807, 2.05) is 30.3 Å². The Balaban J connectivity index is 1.85. The van der Waals surface area contributed by atoms with E-state index in [0.717, 1.165) is 10.9 Å². The third-order valence-corrected chi connectivity index (χ3v) is 3.87. The van der Waals surface area contributed by atoms with E-state index in [1.54, 1.807) is 39.2 Å². The fourth-order valence-corrected chi connectivity index (χ4v) is 2.56. The summed E-state index contributed by atoms with van der Waals surface area (Å²) in [6.45, 7) is 5.39. The molecule has 2 aromatic heterocycles. The van der Waals surface area contributed by atoms with Crippen LogP contribution in [0.5, 0.6) is 11.5 Å². The molecule has 1 amide bonds. The maximum atomic E-state index is 11.9. The third-order valence-electron chi connectivity index (χ3n) is 3.27. The topological polar surface area (TPSA) is 73.3 Å². The van der Waals surface area contributed by atoms with Crippen LogP contribution in [0.15, 0.2) is 53.3 Å². The molecule has 26 heavy (non-hydrogen) atoms. The van der Waals surface area contributed by atoms with Crippen molar-refractivity contribution in [2.24, 2.45) is 0 Å². The number of rotatable bonds is 3. The predicted octanol–water partition coefficient (Wildman–Crippen LogP) is 5.53. The smallest absolute Gasteiger partial charge is 0.413 e. The zero-order valence-corrected chi connectivity index (χ0v) is 16.2. The van der Waals surface area contributed by atoms with Gasteiger partial charge in [0.1, 0.15) is 22.9 Å². The van der Waals surface area contributed by atoms with E-state index in [4.69, 9.17) is 9.47 Å². The molecule has 0 unspecified atom stereocenters. The Hall–Kier alpha value is -2.67. The molecule has 6 nitrogen and oxygen atoms in total. The van der Waals surface area contributed by atoms with Gasteiger partial charge in [-0.2, -0.15) is 0 Å². The quantitative estimate of drug-likeness (QED) is 0.608. The summed E-state index contributed by atoms with van der Waals surface area (Å²) >= 11 is 3.42. The maximum absolute atomic E-state index is 11.9. The van der Waals surface area contributed by atoms with Crippen molar-refractivity contribution < 1.29 is 14.3 Å². The SMILES string of the molecule is CC(C)(C)OC(=O)Nc1cc(Oc2cccc3ncccc23)c(Br)cn1. The van der Waals surface area contributed by atoms with Crippen molar-refractivity contribution in [3.8, 4) is 11.5 Å². The van der Waals surface area contributed by atoms with E-state index in [-0.39, 0.29) is 0 Å². The molecule has 0 aliphatic carbocycles. The summed E-state index contributed by atoms with van der Waals surface area (Å²) in [6, 6.07) is 11.1. The Kier molecular flexibility index (Phi) is 5.08. The van der Waals surface area contributed by atoms with Gasteiger partial charge in [0.05, 0.1) is 9.99 Å². The molecule has 0 spiro atoms. The summed E-state index contributed by atoms with van der Waals surface area (Å²) in [6.07, 6.45) is 2.72. The highest BCUT2D eigenvalue weighted by Gasteiger charge is 2.17. The number of anilines is 1. The Morgan fingerprint density at radius 2 is 1.92 bits per heavy atom. The number of nitrogens with zero attached hydrogens (tertiary/aromatic N) is 2. The Labute approximate surface area is 159 Å². The average molecular weight is 416 g/mol. The van der Waals surface area contributed by atoms with Crippen molar-refractivity contribution in [3.05, 3.63) is 53.3 Å². The molecule has 1 N–H and O–H groups in total. The van der Waals surface area contributed by atoms with Crippen LogP contribution in [0.3, 0.4) is 0 Å². The highest BCUT2D eigenvalue weighted by atomic mass is 79.9. The van der Waals surface area contributed by atoms with Gasteiger partial charge in [0.15, 0.2) is 0 Å². The van der Waals surface area contributed by atoms with Crippen LogP contribution >= 0.6 is 15.9 Å². The van der Waals surface area contributed by atoms with E-state index in [2.05, 4.69) is 31.2 Å². The molecule has 0 saturated carbocycles. The molecule has 3 rings (SSSR count). The lowest BCUT2D eigenvalue weighted by Crippen LogP contribution is -2.27. The Bertz CT molecular complexity index is 949. The highest BCUT2D eigenvalue weighted by molar-refractivity contribution is 9.10. The van der Waals surface area contributed by atoms with Crippen LogP contribution in [0.1, 0.15) is 20.8 Å². The first kappa shape index (κ1) is 18.1. The molecule has 134 valence electrons. The first-order valence-electron chi connectivity index (χ1n) is 7.99. The second-order valence-electron chi connectivity index (χ2n) is 6.56. The number of ether oxygens (including phenoxy) is 2. The van der Waals surface area contributed by atoms with Crippen molar-refractivity contribution in [2.75, 3.05) is 5.32 Å². The average Bonchev–Trinajstić information content (AvgIpc) is 2.56. The molecule has 0 bridgehead atoms. The summed E-state index contributed by atoms with van der Waals surface area (Å²) in [5, 5.41) is 3.49.